The third-order valence-electron chi connectivity index (χ3n) is 1.66. The summed E-state index contributed by atoms with van der Waals surface area (Å²) in [5.41, 5.74) is -0.280. The van der Waals surface area contributed by atoms with E-state index in [9.17, 15) is 14.7 Å². The molecule has 0 atom stereocenters. The number of ketones is 1. The van der Waals surface area contributed by atoms with Crippen LogP contribution in [-0.4, -0.2) is 22.7 Å². The van der Waals surface area contributed by atoms with E-state index in [1.54, 1.807) is 0 Å². The normalized spacial score (nSPS) is 9.13. The van der Waals surface area contributed by atoms with Crippen molar-refractivity contribution in [2.75, 3.05) is 5.88 Å². The van der Waals surface area contributed by atoms with Crippen LogP contribution in [0.2, 0.25) is 0 Å². The van der Waals surface area contributed by atoms with Gasteiger partial charge in [-0.15, -0.1) is 11.6 Å². The zero-order chi connectivity index (χ0) is 10.7. The van der Waals surface area contributed by atoms with E-state index >= 15 is 0 Å². The van der Waals surface area contributed by atoms with Gasteiger partial charge in [-0.25, -0.2) is 0 Å². The second-order valence-electron chi connectivity index (χ2n) is 2.58. The summed E-state index contributed by atoms with van der Waals surface area (Å²) in [6, 6.07) is 3.45. The Labute approximate surface area is 134 Å². The fourth-order valence-corrected chi connectivity index (χ4v) is 1.10. The molecule has 1 aromatic rings. The van der Waals surface area contributed by atoms with Crippen LogP contribution in [0.15, 0.2) is 18.2 Å². The van der Waals surface area contributed by atoms with Crippen molar-refractivity contribution in [3.05, 3.63) is 29.3 Å². The van der Waals surface area contributed by atoms with Gasteiger partial charge in [-0.2, -0.15) is 0 Å². The minimum Gasteiger partial charge on any atom is -0.545 e. The SMILES string of the molecule is O=C(CCl)c1ccc(O)c(C(=O)[O-])c1.[K+]. The summed E-state index contributed by atoms with van der Waals surface area (Å²) < 4.78 is 0. The zero-order valence-electron chi connectivity index (χ0n) is 7.99. The average Bonchev–Trinajstić information content (AvgIpc) is 2.17. The zero-order valence-corrected chi connectivity index (χ0v) is 11.9. The van der Waals surface area contributed by atoms with Crippen molar-refractivity contribution < 1.29 is 71.2 Å². The van der Waals surface area contributed by atoms with E-state index in [0.717, 1.165) is 12.1 Å². The number of hydrogen-bond acceptors (Lipinski definition) is 4. The van der Waals surface area contributed by atoms with Crippen LogP contribution >= 0.6 is 11.6 Å². The van der Waals surface area contributed by atoms with E-state index in [1.165, 1.54) is 6.07 Å². The predicted octanol–water partition coefficient (Wildman–Crippen LogP) is -2.82. The van der Waals surface area contributed by atoms with Crippen LogP contribution in [0.1, 0.15) is 20.7 Å². The van der Waals surface area contributed by atoms with Crippen molar-refractivity contribution in [1.29, 1.82) is 0 Å². The maximum absolute atomic E-state index is 11.1. The minimum atomic E-state index is -1.54. The molecule has 0 saturated heterocycles. The van der Waals surface area contributed by atoms with E-state index < -0.39 is 23.1 Å². The van der Waals surface area contributed by atoms with Gasteiger partial charge in [0.15, 0.2) is 5.78 Å². The number of carboxylic acids is 1. The molecule has 0 aliphatic rings. The van der Waals surface area contributed by atoms with Crippen LogP contribution in [0.4, 0.5) is 0 Å². The minimum absolute atomic E-state index is 0. The van der Waals surface area contributed by atoms with Gasteiger partial charge in [0, 0.05) is 11.1 Å². The van der Waals surface area contributed by atoms with Crippen LogP contribution < -0.4 is 56.5 Å². The Morgan fingerprint density at radius 3 is 2.47 bits per heavy atom. The smallest absolute Gasteiger partial charge is 0.545 e. The molecule has 0 aromatic heterocycles. The fourth-order valence-electron chi connectivity index (χ4n) is 0.950. The number of alkyl halides is 1. The van der Waals surface area contributed by atoms with E-state index in [4.69, 9.17) is 16.7 Å². The Hall–Kier alpha value is 0.0864. The third-order valence-corrected chi connectivity index (χ3v) is 1.90. The monoisotopic (exact) mass is 252 g/mol. The number of aromatic carboxylic acids is 1. The second kappa shape index (κ2) is 6.62. The topological polar surface area (TPSA) is 77.4 Å². The molecule has 74 valence electrons. The summed E-state index contributed by atoms with van der Waals surface area (Å²) >= 11 is 5.28. The standard InChI is InChI=1S/C9H7ClO4.K/c10-4-8(12)5-1-2-7(11)6(3-5)9(13)14;/h1-3,11H,4H2,(H,13,14);/q;+1/p-1. The van der Waals surface area contributed by atoms with Crippen molar-refractivity contribution in [2.45, 2.75) is 0 Å². The molecule has 0 aliphatic carbocycles. The fraction of sp³-hybridized carbons (Fsp3) is 0.111. The first-order chi connectivity index (χ1) is 6.56. The first-order valence-electron chi connectivity index (χ1n) is 3.69. The Balaban J connectivity index is 0.00000196. The van der Waals surface area contributed by atoms with Crippen molar-refractivity contribution >= 4 is 23.4 Å². The van der Waals surface area contributed by atoms with Crippen molar-refractivity contribution in [3.63, 3.8) is 0 Å². The molecular formula is C9H6ClKO4. The van der Waals surface area contributed by atoms with Crippen LogP contribution in [0.5, 0.6) is 5.75 Å². The largest absolute Gasteiger partial charge is 1.00 e. The van der Waals surface area contributed by atoms with E-state index in [0.29, 0.717) is 0 Å². The maximum atomic E-state index is 11.1. The molecule has 0 saturated carbocycles. The molecule has 0 amide bonds. The Morgan fingerprint density at radius 2 is 2.00 bits per heavy atom. The number of benzene rings is 1. The van der Waals surface area contributed by atoms with Crippen LogP contribution in [-0.2, 0) is 0 Å². The number of carbonyl (C=O) groups excluding carboxylic acids is 2. The van der Waals surface area contributed by atoms with E-state index in [1.807, 2.05) is 0 Å². The summed E-state index contributed by atoms with van der Waals surface area (Å²) in [5, 5.41) is 19.6. The number of carboxylic acid groups (broad SMARTS) is 1. The number of halogens is 1. The van der Waals surface area contributed by atoms with Gasteiger partial charge in [0.2, 0.25) is 0 Å². The first kappa shape index (κ1) is 15.1. The molecule has 0 heterocycles. The first-order valence-corrected chi connectivity index (χ1v) is 4.23. The van der Waals surface area contributed by atoms with Gasteiger partial charge in [-0.3, -0.25) is 4.79 Å². The number of Topliss-reactive ketones (excluding diaryl/α,β-unsaturated/α-hetero) is 1. The summed E-state index contributed by atoms with van der Waals surface area (Å²) in [7, 11) is 0. The van der Waals surface area contributed by atoms with Gasteiger partial charge in [-0.1, -0.05) is 0 Å². The van der Waals surface area contributed by atoms with Gasteiger partial charge in [0.1, 0.15) is 5.75 Å². The molecule has 0 unspecified atom stereocenters. The number of phenols is 1. The molecule has 4 nitrogen and oxygen atoms in total. The van der Waals surface area contributed by atoms with Crippen LogP contribution in [0.3, 0.4) is 0 Å². The van der Waals surface area contributed by atoms with Crippen molar-refractivity contribution in [1.82, 2.24) is 0 Å². The van der Waals surface area contributed by atoms with Gasteiger partial charge in [0.25, 0.3) is 0 Å². The Morgan fingerprint density at radius 1 is 1.40 bits per heavy atom. The molecule has 15 heavy (non-hydrogen) atoms. The van der Waals surface area contributed by atoms with Crippen LogP contribution in [0.25, 0.3) is 0 Å². The molecular weight excluding hydrogens is 247 g/mol. The van der Waals surface area contributed by atoms with E-state index in [2.05, 4.69) is 0 Å². The number of hydrogen-bond donors (Lipinski definition) is 1. The van der Waals surface area contributed by atoms with Gasteiger partial charge < -0.3 is 15.0 Å². The average molecular weight is 253 g/mol. The van der Waals surface area contributed by atoms with Gasteiger partial charge >= 0.3 is 51.4 Å². The molecule has 1 N–H and O–H groups in total. The third kappa shape index (κ3) is 3.86. The molecule has 0 spiro atoms. The molecule has 6 heteroatoms. The molecule has 0 aliphatic heterocycles. The molecule has 1 rings (SSSR count). The van der Waals surface area contributed by atoms with E-state index in [-0.39, 0.29) is 62.8 Å². The summed E-state index contributed by atoms with van der Waals surface area (Å²) in [6.45, 7) is 0. The number of aromatic hydroxyl groups is 1. The van der Waals surface area contributed by atoms with Crippen molar-refractivity contribution in [2.24, 2.45) is 0 Å². The summed E-state index contributed by atoms with van der Waals surface area (Å²) in [6.07, 6.45) is 0. The predicted molar refractivity (Wildman–Crippen MR) is 47.5 cm³/mol. The molecule has 0 fully saturated rings. The number of rotatable bonds is 3. The van der Waals surface area contributed by atoms with Crippen LogP contribution in [0, 0.1) is 0 Å². The van der Waals surface area contributed by atoms with Crippen molar-refractivity contribution in [3.8, 4) is 5.75 Å². The Kier molecular flexibility index (Phi) is 6.66. The Bertz CT molecular complexity index is 392. The molecule has 0 bridgehead atoms. The molecule has 0 radical (unpaired) electrons. The number of carbonyl (C=O) groups is 2. The quantitative estimate of drug-likeness (QED) is 0.358. The maximum Gasteiger partial charge on any atom is 1.00 e. The van der Waals surface area contributed by atoms with Gasteiger partial charge in [-0.05, 0) is 18.2 Å². The summed E-state index contributed by atoms with van der Waals surface area (Å²) in [5.74, 6) is -2.62. The second-order valence-corrected chi connectivity index (χ2v) is 2.84. The molecule has 1 aromatic carbocycles. The van der Waals surface area contributed by atoms with Gasteiger partial charge in [0.05, 0.1) is 11.8 Å². The summed E-state index contributed by atoms with van der Waals surface area (Å²) in [4.78, 5) is 21.5.